The lowest BCUT2D eigenvalue weighted by Gasteiger charge is -2.54. The number of hydrogen-bond acceptors (Lipinski definition) is 7. The molecule has 7 heteroatoms. The van der Waals surface area contributed by atoms with E-state index in [1.165, 1.54) is 19.2 Å². The number of likely N-dealkylation sites (tertiary alicyclic amines) is 1. The molecule has 0 bridgehead atoms. The summed E-state index contributed by atoms with van der Waals surface area (Å²) in [6, 6.07) is 17.5. The summed E-state index contributed by atoms with van der Waals surface area (Å²) in [5.41, 5.74) is 8.52. The highest BCUT2D eigenvalue weighted by molar-refractivity contribution is 6.16. The van der Waals surface area contributed by atoms with Gasteiger partial charge < -0.3 is 15.8 Å². The summed E-state index contributed by atoms with van der Waals surface area (Å²) in [6.45, 7) is 9.23. The van der Waals surface area contributed by atoms with Crippen LogP contribution in [-0.2, 0) is 0 Å². The topological polar surface area (TPSA) is 100 Å². The Bertz CT molecular complexity index is 1200. The van der Waals surface area contributed by atoms with E-state index in [9.17, 15) is 0 Å². The highest BCUT2D eigenvalue weighted by atomic mass is 16.5. The predicted molar refractivity (Wildman–Crippen MR) is 145 cm³/mol. The number of anilines is 2. The van der Waals surface area contributed by atoms with E-state index in [1.54, 1.807) is 0 Å². The van der Waals surface area contributed by atoms with Gasteiger partial charge in [0.2, 0.25) is 0 Å². The Hall–Kier alpha value is -3.45. The molecule has 2 aromatic carbocycles. The lowest BCUT2D eigenvalue weighted by atomic mass is 9.60. The maximum Gasteiger partial charge on any atom is 0.141 e. The molecule has 0 radical (unpaired) electrons. The van der Waals surface area contributed by atoms with Gasteiger partial charge in [0.15, 0.2) is 0 Å². The van der Waals surface area contributed by atoms with Crippen molar-refractivity contribution >= 4 is 17.3 Å². The zero-order valence-corrected chi connectivity index (χ0v) is 21.4. The van der Waals surface area contributed by atoms with Gasteiger partial charge in [-0.2, -0.15) is 0 Å². The van der Waals surface area contributed by atoms with Gasteiger partial charge in [0.25, 0.3) is 0 Å². The lowest BCUT2D eigenvalue weighted by Crippen LogP contribution is -2.55. The van der Waals surface area contributed by atoms with Crippen LogP contribution in [0.5, 0.6) is 11.5 Å². The first-order valence-corrected chi connectivity index (χ1v) is 12.8. The van der Waals surface area contributed by atoms with Crippen LogP contribution in [0.15, 0.2) is 60.9 Å². The summed E-state index contributed by atoms with van der Waals surface area (Å²) in [6.07, 6.45) is 6.23. The van der Waals surface area contributed by atoms with Crippen LogP contribution in [0.3, 0.4) is 0 Å². The molecule has 1 aromatic heterocycles. The Kier molecular flexibility index (Phi) is 6.43. The molecule has 0 unspecified atom stereocenters. The molecule has 1 saturated carbocycles. The number of nitrogens with zero attached hydrogens (tertiary/aromatic N) is 3. The van der Waals surface area contributed by atoms with Crippen LogP contribution in [0.25, 0.3) is 0 Å². The third-order valence-corrected chi connectivity index (χ3v) is 7.72. The van der Waals surface area contributed by atoms with Gasteiger partial charge in [-0.25, -0.2) is 9.97 Å². The van der Waals surface area contributed by atoms with Crippen molar-refractivity contribution in [3.63, 3.8) is 0 Å². The van der Waals surface area contributed by atoms with Crippen molar-refractivity contribution in [1.29, 1.82) is 5.41 Å². The highest BCUT2D eigenvalue weighted by Crippen LogP contribution is 2.50. The van der Waals surface area contributed by atoms with Gasteiger partial charge in [0.1, 0.15) is 29.5 Å². The molecule has 1 saturated heterocycles. The van der Waals surface area contributed by atoms with E-state index in [-0.39, 0.29) is 5.54 Å². The standard InChI is InChI=1S/C29H36N6O/c1-28(2,3)35-15-13-29(14-16-35)17-21(18-29)34-27-24(26(31)32-19-33-27)25(30)20-9-11-23(12-10-20)36-22-7-5-4-6-8-22/h4-12,19,21,30H,13-18H2,1-3H3,(H3,31,32,33,34). The molecule has 188 valence electrons. The number of nitrogens with one attached hydrogen (secondary N) is 2. The summed E-state index contributed by atoms with van der Waals surface area (Å²) < 4.78 is 5.89. The van der Waals surface area contributed by atoms with Crippen LogP contribution in [-0.4, -0.2) is 45.2 Å². The smallest absolute Gasteiger partial charge is 0.141 e. The van der Waals surface area contributed by atoms with Gasteiger partial charge in [0, 0.05) is 17.1 Å². The van der Waals surface area contributed by atoms with Crippen molar-refractivity contribution in [1.82, 2.24) is 14.9 Å². The molecule has 0 atom stereocenters. The van der Waals surface area contributed by atoms with Gasteiger partial charge in [-0.15, -0.1) is 0 Å². The Morgan fingerprint density at radius 2 is 1.64 bits per heavy atom. The zero-order chi connectivity index (χ0) is 25.3. The van der Waals surface area contributed by atoms with E-state index in [4.69, 9.17) is 15.9 Å². The molecular formula is C29H36N6O. The van der Waals surface area contributed by atoms with E-state index in [1.807, 2.05) is 54.6 Å². The molecule has 1 aliphatic carbocycles. The van der Waals surface area contributed by atoms with Crippen LogP contribution >= 0.6 is 0 Å². The number of ether oxygens (including phenoxy) is 1. The number of nitrogens with two attached hydrogens (primary N) is 1. The Morgan fingerprint density at radius 3 is 2.28 bits per heavy atom. The quantitative estimate of drug-likeness (QED) is 0.387. The molecule has 36 heavy (non-hydrogen) atoms. The monoisotopic (exact) mass is 484 g/mol. The lowest BCUT2D eigenvalue weighted by molar-refractivity contribution is -0.00857. The third kappa shape index (κ3) is 5.07. The van der Waals surface area contributed by atoms with Crippen molar-refractivity contribution in [3.05, 3.63) is 72.1 Å². The van der Waals surface area contributed by atoms with Gasteiger partial charge in [-0.1, -0.05) is 18.2 Å². The first kappa shape index (κ1) is 24.3. The number of benzene rings is 2. The number of nitrogen functional groups attached to an aromatic ring is 1. The largest absolute Gasteiger partial charge is 0.457 e. The Labute approximate surface area is 213 Å². The molecule has 4 N–H and O–H groups in total. The zero-order valence-electron chi connectivity index (χ0n) is 21.4. The van der Waals surface area contributed by atoms with Gasteiger partial charge in [0.05, 0.1) is 11.3 Å². The molecule has 2 fully saturated rings. The number of aromatic nitrogens is 2. The molecule has 7 nitrogen and oxygen atoms in total. The molecule has 5 rings (SSSR count). The average Bonchev–Trinajstić information content (AvgIpc) is 2.84. The maximum absolute atomic E-state index is 8.89. The van der Waals surface area contributed by atoms with Gasteiger partial charge in [-0.3, -0.25) is 10.3 Å². The molecule has 0 amide bonds. The van der Waals surface area contributed by atoms with Gasteiger partial charge in [-0.05, 0) is 101 Å². The van der Waals surface area contributed by atoms with Crippen LogP contribution < -0.4 is 15.8 Å². The Morgan fingerprint density at radius 1 is 1.00 bits per heavy atom. The number of para-hydroxylation sites is 1. The van der Waals surface area contributed by atoms with Crippen molar-refractivity contribution in [2.45, 2.75) is 58.0 Å². The second kappa shape index (κ2) is 9.54. The van der Waals surface area contributed by atoms with Crippen molar-refractivity contribution in [3.8, 4) is 11.5 Å². The highest BCUT2D eigenvalue weighted by Gasteiger charge is 2.47. The van der Waals surface area contributed by atoms with E-state index in [0.717, 1.165) is 37.2 Å². The van der Waals surface area contributed by atoms with Crippen LogP contribution in [0.4, 0.5) is 11.6 Å². The van der Waals surface area contributed by atoms with Crippen LogP contribution in [0, 0.1) is 10.8 Å². The maximum atomic E-state index is 8.89. The van der Waals surface area contributed by atoms with E-state index < -0.39 is 0 Å². The molecule has 1 spiro atoms. The number of rotatable bonds is 6. The second-order valence-corrected chi connectivity index (χ2v) is 11.2. The first-order valence-electron chi connectivity index (χ1n) is 12.8. The fourth-order valence-corrected chi connectivity index (χ4v) is 5.55. The first-order chi connectivity index (χ1) is 17.2. The summed E-state index contributed by atoms with van der Waals surface area (Å²) in [5.74, 6) is 2.44. The summed E-state index contributed by atoms with van der Waals surface area (Å²) in [5, 5.41) is 12.5. The van der Waals surface area contributed by atoms with E-state index in [0.29, 0.717) is 40.1 Å². The summed E-state index contributed by atoms with van der Waals surface area (Å²) >= 11 is 0. The van der Waals surface area contributed by atoms with Gasteiger partial charge >= 0.3 is 0 Å². The predicted octanol–water partition coefficient (Wildman–Crippen LogP) is 5.72. The molecule has 3 aromatic rings. The van der Waals surface area contributed by atoms with Crippen molar-refractivity contribution < 1.29 is 4.74 Å². The van der Waals surface area contributed by atoms with Crippen LogP contribution in [0.1, 0.15) is 57.6 Å². The van der Waals surface area contributed by atoms with Crippen LogP contribution in [0.2, 0.25) is 0 Å². The normalized spacial score (nSPS) is 18.0. The molecular weight excluding hydrogens is 448 g/mol. The van der Waals surface area contributed by atoms with E-state index in [2.05, 4.69) is 41.0 Å². The molecule has 2 heterocycles. The fraction of sp³-hybridized carbons (Fsp3) is 0.414. The second-order valence-electron chi connectivity index (χ2n) is 11.2. The van der Waals surface area contributed by atoms with E-state index >= 15 is 0 Å². The molecule has 2 aliphatic rings. The SMILES string of the molecule is CC(C)(C)N1CCC2(CC1)CC(Nc1ncnc(N)c1C(=N)c1ccc(Oc3ccccc3)cc1)C2. The minimum Gasteiger partial charge on any atom is -0.457 e. The average molecular weight is 485 g/mol. The fourth-order valence-electron chi connectivity index (χ4n) is 5.55. The van der Waals surface area contributed by atoms with Crippen molar-refractivity contribution in [2.24, 2.45) is 5.41 Å². The summed E-state index contributed by atoms with van der Waals surface area (Å²) in [7, 11) is 0. The van der Waals surface area contributed by atoms with Crippen molar-refractivity contribution in [2.75, 3.05) is 24.1 Å². The minimum atomic E-state index is 0.239. The number of hydrogen-bond donors (Lipinski definition) is 3. The Balaban J connectivity index is 1.25. The minimum absolute atomic E-state index is 0.239. The molecule has 1 aliphatic heterocycles. The number of piperidine rings is 1. The third-order valence-electron chi connectivity index (χ3n) is 7.72. The summed E-state index contributed by atoms with van der Waals surface area (Å²) in [4.78, 5) is 11.3.